The van der Waals surface area contributed by atoms with Crippen LogP contribution in [-0.4, -0.2) is 9.55 Å². The summed E-state index contributed by atoms with van der Waals surface area (Å²) in [4.78, 5) is 4.74. The molecule has 2 nitrogen and oxygen atoms in total. The topological polar surface area (TPSA) is 17.8 Å². The zero-order valence-corrected chi connectivity index (χ0v) is 13.2. The molecule has 3 heteroatoms. The molecule has 0 saturated heterocycles. The van der Waals surface area contributed by atoms with Gasteiger partial charge in [0.25, 0.3) is 0 Å². The van der Waals surface area contributed by atoms with E-state index in [1.807, 2.05) is 0 Å². The molecule has 3 rings (SSSR count). The van der Waals surface area contributed by atoms with Crippen LogP contribution in [0.25, 0.3) is 11.0 Å². The molecule has 0 radical (unpaired) electrons. The molecule has 1 aliphatic carbocycles. The van der Waals surface area contributed by atoms with Crippen molar-refractivity contribution in [3.63, 3.8) is 0 Å². The molecule has 1 saturated carbocycles. The summed E-state index contributed by atoms with van der Waals surface area (Å²) in [5.41, 5.74) is 3.61. The van der Waals surface area contributed by atoms with Gasteiger partial charge >= 0.3 is 0 Å². The summed E-state index contributed by atoms with van der Waals surface area (Å²) >= 11 is 6.11. The van der Waals surface area contributed by atoms with Gasteiger partial charge in [-0.25, -0.2) is 4.98 Å². The van der Waals surface area contributed by atoms with Gasteiger partial charge in [-0.15, -0.1) is 11.6 Å². The van der Waals surface area contributed by atoms with E-state index in [4.69, 9.17) is 16.6 Å². The maximum absolute atomic E-state index is 6.11. The van der Waals surface area contributed by atoms with E-state index in [1.165, 1.54) is 36.8 Å². The van der Waals surface area contributed by atoms with Crippen molar-refractivity contribution in [2.45, 2.75) is 52.0 Å². The predicted octanol–water partition coefficient (Wildman–Crippen LogP) is 4.91. The molecule has 0 amide bonds. The van der Waals surface area contributed by atoms with Crippen LogP contribution in [0.3, 0.4) is 0 Å². The van der Waals surface area contributed by atoms with Gasteiger partial charge in [-0.05, 0) is 43.2 Å². The highest BCUT2D eigenvalue weighted by atomic mass is 35.5. The highest BCUT2D eigenvalue weighted by molar-refractivity contribution is 6.16. The van der Waals surface area contributed by atoms with E-state index in [9.17, 15) is 0 Å². The number of imidazole rings is 1. The van der Waals surface area contributed by atoms with Gasteiger partial charge in [-0.3, -0.25) is 0 Å². The van der Waals surface area contributed by atoms with Gasteiger partial charge < -0.3 is 4.57 Å². The van der Waals surface area contributed by atoms with Crippen molar-refractivity contribution < 1.29 is 0 Å². The van der Waals surface area contributed by atoms with Crippen LogP contribution in [0.15, 0.2) is 18.2 Å². The van der Waals surface area contributed by atoms with Crippen molar-refractivity contribution in [3.8, 4) is 0 Å². The quantitative estimate of drug-likeness (QED) is 0.734. The maximum Gasteiger partial charge on any atom is 0.124 e. The molecule has 20 heavy (non-hydrogen) atoms. The molecule has 1 heterocycles. The first kappa shape index (κ1) is 13.9. The molecular formula is C17H23ClN2. The Morgan fingerprint density at radius 1 is 1.25 bits per heavy atom. The second-order valence-electron chi connectivity index (χ2n) is 6.34. The van der Waals surface area contributed by atoms with Crippen LogP contribution >= 0.6 is 11.6 Å². The number of halogens is 1. The molecule has 0 bridgehead atoms. The minimum atomic E-state index is 0.497. The lowest BCUT2D eigenvalue weighted by atomic mass is 9.83. The van der Waals surface area contributed by atoms with Gasteiger partial charge in [0.2, 0.25) is 0 Å². The summed E-state index contributed by atoms with van der Waals surface area (Å²) in [5, 5.41) is 0. The average Bonchev–Trinajstić information content (AvgIpc) is 2.81. The van der Waals surface area contributed by atoms with E-state index in [0.717, 1.165) is 29.7 Å². The molecular weight excluding hydrogens is 268 g/mol. The lowest BCUT2D eigenvalue weighted by Crippen LogP contribution is -2.18. The Balaban J connectivity index is 1.92. The van der Waals surface area contributed by atoms with Gasteiger partial charge in [0.15, 0.2) is 0 Å². The zero-order chi connectivity index (χ0) is 14.1. The van der Waals surface area contributed by atoms with E-state index in [-0.39, 0.29) is 0 Å². The lowest BCUT2D eigenvalue weighted by Gasteiger charge is -2.27. The number of benzene rings is 1. The zero-order valence-electron chi connectivity index (χ0n) is 12.4. The third-order valence-corrected chi connectivity index (χ3v) is 4.99. The van der Waals surface area contributed by atoms with E-state index in [1.54, 1.807) is 0 Å². The SMILES string of the molecule is Cc1cccc2c1nc(CCl)n2CC1CCC(C)CC1. The number of fused-ring (bicyclic) bond motifs is 1. The number of aromatic nitrogens is 2. The van der Waals surface area contributed by atoms with Gasteiger partial charge in [0.05, 0.1) is 16.9 Å². The monoisotopic (exact) mass is 290 g/mol. The molecule has 1 fully saturated rings. The Labute approximate surface area is 126 Å². The molecule has 108 valence electrons. The number of alkyl halides is 1. The number of hydrogen-bond donors (Lipinski definition) is 0. The van der Waals surface area contributed by atoms with Crippen molar-refractivity contribution in [1.82, 2.24) is 9.55 Å². The lowest BCUT2D eigenvalue weighted by molar-refractivity contribution is 0.265. The Morgan fingerprint density at radius 3 is 2.70 bits per heavy atom. The first-order chi connectivity index (χ1) is 9.69. The van der Waals surface area contributed by atoms with Crippen LogP contribution in [0.5, 0.6) is 0 Å². The van der Waals surface area contributed by atoms with E-state index in [0.29, 0.717) is 5.88 Å². The Morgan fingerprint density at radius 2 is 2.00 bits per heavy atom. The largest absolute Gasteiger partial charge is 0.327 e. The van der Waals surface area contributed by atoms with Gasteiger partial charge in [0, 0.05) is 6.54 Å². The summed E-state index contributed by atoms with van der Waals surface area (Å²) < 4.78 is 2.36. The summed E-state index contributed by atoms with van der Waals surface area (Å²) in [6.07, 6.45) is 5.42. The third-order valence-electron chi connectivity index (χ3n) is 4.76. The number of aryl methyl sites for hydroxylation is 1. The summed E-state index contributed by atoms with van der Waals surface area (Å²) in [5.74, 6) is 3.21. The highest BCUT2D eigenvalue weighted by Gasteiger charge is 2.21. The normalized spacial score (nSPS) is 23.4. The van der Waals surface area contributed by atoms with Gasteiger partial charge in [-0.1, -0.05) is 31.9 Å². The van der Waals surface area contributed by atoms with Crippen LogP contribution in [-0.2, 0) is 12.4 Å². The molecule has 1 aromatic carbocycles. The van der Waals surface area contributed by atoms with Crippen LogP contribution in [0.1, 0.15) is 44.0 Å². The minimum absolute atomic E-state index is 0.497. The van der Waals surface area contributed by atoms with Gasteiger partial charge in [-0.2, -0.15) is 0 Å². The second-order valence-corrected chi connectivity index (χ2v) is 6.61. The number of para-hydroxylation sites is 1. The van der Waals surface area contributed by atoms with Crippen LogP contribution in [0.2, 0.25) is 0 Å². The third kappa shape index (κ3) is 2.58. The van der Waals surface area contributed by atoms with Crippen molar-refractivity contribution in [2.24, 2.45) is 11.8 Å². The van der Waals surface area contributed by atoms with Crippen LogP contribution in [0.4, 0.5) is 0 Å². The summed E-state index contributed by atoms with van der Waals surface area (Å²) in [7, 11) is 0. The second kappa shape index (κ2) is 5.77. The van der Waals surface area contributed by atoms with Crippen molar-refractivity contribution in [2.75, 3.05) is 0 Å². The summed E-state index contributed by atoms with van der Waals surface area (Å²) in [6.45, 7) is 5.57. The Hall–Kier alpha value is -1.02. The van der Waals surface area contributed by atoms with E-state index in [2.05, 4.69) is 36.6 Å². The molecule has 1 aliphatic rings. The average molecular weight is 291 g/mol. The van der Waals surface area contributed by atoms with Crippen LogP contribution in [0, 0.1) is 18.8 Å². The smallest absolute Gasteiger partial charge is 0.124 e. The predicted molar refractivity (Wildman–Crippen MR) is 85.1 cm³/mol. The fourth-order valence-electron chi connectivity index (χ4n) is 3.41. The molecule has 0 spiro atoms. The fourth-order valence-corrected chi connectivity index (χ4v) is 3.61. The summed E-state index contributed by atoms with van der Waals surface area (Å²) in [6, 6.07) is 6.42. The maximum atomic E-state index is 6.11. The van der Waals surface area contributed by atoms with E-state index >= 15 is 0 Å². The van der Waals surface area contributed by atoms with Crippen molar-refractivity contribution in [3.05, 3.63) is 29.6 Å². The highest BCUT2D eigenvalue weighted by Crippen LogP contribution is 2.31. The van der Waals surface area contributed by atoms with Crippen molar-refractivity contribution >= 4 is 22.6 Å². The van der Waals surface area contributed by atoms with E-state index < -0.39 is 0 Å². The number of rotatable bonds is 3. The van der Waals surface area contributed by atoms with Crippen LogP contribution < -0.4 is 0 Å². The Kier molecular flexibility index (Phi) is 4.02. The van der Waals surface area contributed by atoms with Crippen molar-refractivity contribution in [1.29, 1.82) is 0 Å². The standard InChI is InChI=1S/C17H23ClN2/c1-12-6-8-14(9-7-12)11-20-15-5-3-4-13(2)17(15)19-16(20)10-18/h3-5,12,14H,6-11H2,1-2H3. The Bertz CT molecular complexity index is 594. The molecule has 2 aromatic rings. The molecule has 0 atom stereocenters. The minimum Gasteiger partial charge on any atom is -0.327 e. The fraction of sp³-hybridized carbons (Fsp3) is 0.588. The molecule has 0 unspecified atom stereocenters. The molecule has 1 aromatic heterocycles. The number of nitrogens with zero attached hydrogens (tertiary/aromatic N) is 2. The molecule has 0 aliphatic heterocycles. The number of hydrogen-bond acceptors (Lipinski definition) is 1. The van der Waals surface area contributed by atoms with Gasteiger partial charge in [0.1, 0.15) is 5.82 Å². The first-order valence-electron chi connectivity index (χ1n) is 7.69. The first-order valence-corrected chi connectivity index (χ1v) is 8.23. The molecule has 0 N–H and O–H groups in total.